The van der Waals surface area contributed by atoms with Crippen LogP contribution in [-0.4, -0.2) is 32.9 Å². The molecule has 136 valence electrons. The topological polar surface area (TPSA) is 90.5 Å². The minimum absolute atomic E-state index is 0.0149. The van der Waals surface area contributed by atoms with E-state index in [1.165, 1.54) is 17.0 Å². The van der Waals surface area contributed by atoms with E-state index in [9.17, 15) is 23.9 Å². The summed E-state index contributed by atoms with van der Waals surface area (Å²) >= 11 is 0. The van der Waals surface area contributed by atoms with Gasteiger partial charge >= 0.3 is 5.97 Å². The normalized spacial score (nSPS) is 16.2. The Labute approximate surface area is 152 Å². The number of aromatic nitrogens is 1. The molecule has 0 saturated carbocycles. The van der Waals surface area contributed by atoms with Gasteiger partial charge in [0, 0.05) is 29.9 Å². The molecule has 2 N–H and O–H groups in total. The van der Waals surface area contributed by atoms with E-state index in [1.807, 2.05) is 24.3 Å². The van der Waals surface area contributed by atoms with Crippen LogP contribution in [0.2, 0.25) is 0 Å². The van der Waals surface area contributed by atoms with Crippen molar-refractivity contribution in [3.8, 4) is 0 Å². The van der Waals surface area contributed by atoms with Crippen molar-refractivity contribution in [1.82, 2.24) is 9.88 Å². The molecule has 0 radical (unpaired) electrons. The summed E-state index contributed by atoms with van der Waals surface area (Å²) in [6.07, 6.45) is 0.173. The number of fused-ring (bicyclic) bond motifs is 2. The molecule has 0 spiro atoms. The van der Waals surface area contributed by atoms with Crippen molar-refractivity contribution in [2.75, 3.05) is 0 Å². The van der Waals surface area contributed by atoms with E-state index in [-0.39, 0.29) is 23.9 Å². The fourth-order valence-electron chi connectivity index (χ4n) is 3.51. The van der Waals surface area contributed by atoms with Crippen molar-refractivity contribution in [2.24, 2.45) is 0 Å². The average Bonchev–Trinajstić information content (AvgIpc) is 2.66. The van der Waals surface area contributed by atoms with Gasteiger partial charge in [-0.3, -0.25) is 9.59 Å². The number of carboxylic acids is 1. The summed E-state index contributed by atoms with van der Waals surface area (Å²) in [6, 6.07) is 11.1. The van der Waals surface area contributed by atoms with E-state index in [1.54, 1.807) is 0 Å². The highest BCUT2D eigenvalue weighted by molar-refractivity contribution is 6.07. The standard InChI is InChI=1S/C20H15FN2O4/c21-13-5-6-16-14(8-13)15(9-18(24)22-16)19(25)23-10-12-4-2-1-3-11(12)7-17(23)20(26)27/h1-6,8-9,17H,7,10H2,(H,22,24)(H,26,27)/t17-/m1/s1. The van der Waals surface area contributed by atoms with Gasteiger partial charge in [0.15, 0.2) is 0 Å². The quantitative estimate of drug-likeness (QED) is 0.728. The van der Waals surface area contributed by atoms with Crippen LogP contribution in [0.3, 0.4) is 0 Å². The minimum atomic E-state index is -1.13. The molecule has 27 heavy (non-hydrogen) atoms. The molecule has 0 fully saturated rings. The molecular formula is C20H15FN2O4. The highest BCUT2D eigenvalue weighted by Gasteiger charge is 2.35. The Morgan fingerprint density at radius 1 is 1.11 bits per heavy atom. The molecule has 1 aliphatic rings. The molecule has 1 amide bonds. The molecule has 1 atom stereocenters. The first kappa shape index (κ1) is 17.0. The van der Waals surface area contributed by atoms with Crippen LogP contribution >= 0.6 is 0 Å². The lowest BCUT2D eigenvalue weighted by Gasteiger charge is -2.34. The summed E-state index contributed by atoms with van der Waals surface area (Å²) < 4.78 is 13.7. The lowest BCUT2D eigenvalue weighted by Crippen LogP contribution is -2.48. The van der Waals surface area contributed by atoms with Gasteiger partial charge < -0.3 is 15.0 Å². The van der Waals surface area contributed by atoms with E-state index >= 15 is 0 Å². The van der Waals surface area contributed by atoms with Crippen LogP contribution in [0.5, 0.6) is 0 Å². The van der Waals surface area contributed by atoms with Crippen LogP contribution in [0.4, 0.5) is 4.39 Å². The molecule has 1 aromatic heterocycles. The highest BCUT2D eigenvalue weighted by Crippen LogP contribution is 2.27. The Hall–Kier alpha value is -3.48. The number of pyridine rings is 1. The van der Waals surface area contributed by atoms with Crippen LogP contribution in [-0.2, 0) is 17.8 Å². The van der Waals surface area contributed by atoms with Crippen molar-refractivity contribution in [3.05, 3.63) is 81.4 Å². The van der Waals surface area contributed by atoms with Crippen molar-refractivity contribution >= 4 is 22.8 Å². The summed E-state index contributed by atoms with van der Waals surface area (Å²) in [5.41, 5.74) is 1.51. The number of aromatic amines is 1. The van der Waals surface area contributed by atoms with Crippen LogP contribution < -0.4 is 5.56 Å². The maximum Gasteiger partial charge on any atom is 0.326 e. The Kier molecular flexibility index (Phi) is 3.99. The fourth-order valence-corrected chi connectivity index (χ4v) is 3.51. The van der Waals surface area contributed by atoms with Crippen molar-refractivity contribution in [3.63, 3.8) is 0 Å². The number of halogens is 1. The third kappa shape index (κ3) is 2.97. The molecule has 7 heteroatoms. The van der Waals surface area contributed by atoms with E-state index < -0.39 is 29.3 Å². The van der Waals surface area contributed by atoms with Crippen LogP contribution in [0.15, 0.2) is 53.3 Å². The molecule has 2 aromatic carbocycles. The molecule has 0 bridgehead atoms. The first-order valence-electron chi connectivity index (χ1n) is 8.37. The van der Waals surface area contributed by atoms with Crippen LogP contribution in [0, 0.1) is 5.82 Å². The van der Waals surface area contributed by atoms with Gasteiger partial charge in [-0.05, 0) is 29.3 Å². The second kappa shape index (κ2) is 6.35. The average molecular weight is 366 g/mol. The number of benzene rings is 2. The number of carbonyl (C=O) groups is 2. The number of nitrogens with zero attached hydrogens (tertiary/aromatic N) is 1. The molecule has 3 aromatic rings. The molecular weight excluding hydrogens is 351 g/mol. The van der Waals surface area contributed by atoms with Gasteiger partial charge in [0.1, 0.15) is 11.9 Å². The van der Waals surface area contributed by atoms with Gasteiger partial charge in [0.25, 0.3) is 5.91 Å². The summed E-state index contributed by atoms with van der Waals surface area (Å²) in [4.78, 5) is 40.7. The summed E-state index contributed by atoms with van der Waals surface area (Å²) in [6.45, 7) is 0.107. The zero-order valence-electron chi connectivity index (χ0n) is 14.1. The van der Waals surface area contributed by atoms with Crippen LogP contribution in [0.1, 0.15) is 21.5 Å². The number of carbonyl (C=O) groups excluding carboxylic acids is 1. The number of aliphatic carboxylic acids is 1. The van der Waals surface area contributed by atoms with Gasteiger partial charge in [-0.25, -0.2) is 9.18 Å². The number of hydrogen-bond donors (Lipinski definition) is 2. The molecule has 1 aliphatic heterocycles. The van der Waals surface area contributed by atoms with Gasteiger partial charge in [-0.1, -0.05) is 24.3 Å². The third-order valence-corrected chi connectivity index (χ3v) is 4.83. The fraction of sp³-hybridized carbons (Fsp3) is 0.150. The lowest BCUT2D eigenvalue weighted by molar-refractivity contribution is -0.142. The van der Waals surface area contributed by atoms with E-state index in [4.69, 9.17) is 0 Å². The number of rotatable bonds is 2. The third-order valence-electron chi connectivity index (χ3n) is 4.83. The summed E-state index contributed by atoms with van der Waals surface area (Å²) in [7, 11) is 0. The zero-order valence-corrected chi connectivity index (χ0v) is 14.1. The maximum atomic E-state index is 13.7. The molecule has 6 nitrogen and oxygen atoms in total. The largest absolute Gasteiger partial charge is 0.480 e. The molecule has 0 aliphatic carbocycles. The van der Waals surface area contributed by atoms with E-state index in [0.717, 1.165) is 23.3 Å². The van der Waals surface area contributed by atoms with Gasteiger partial charge in [-0.2, -0.15) is 0 Å². The number of nitrogens with one attached hydrogen (secondary N) is 1. The van der Waals surface area contributed by atoms with Crippen LogP contribution in [0.25, 0.3) is 10.9 Å². The van der Waals surface area contributed by atoms with E-state index in [0.29, 0.717) is 5.52 Å². The first-order chi connectivity index (χ1) is 12.9. The predicted octanol–water partition coefficient (Wildman–Crippen LogP) is 2.32. The monoisotopic (exact) mass is 366 g/mol. The van der Waals surface area contributed by atoms with Gasteiger partial charge in [0.05, 0.1) is 5.56 Å². The molecule has 0 saturated heterocycles. The SMILES string of the molecule is O=C(O)[C@H]1Cc2ccccc2CN1C(=O)c1cc(=O)[nH]c2ccc(F)cc12. The van der Waals surface area contributed by atoms with E-state index in [2.05, 4.69) is 4.98 Å². The summed E-state index contributed by atoms with van der Waals surface area (Å²) in [5, 5.41) is 9.86. The highest BCUT2D eigenvalue weighted by atomic mass is 19.1. The van der Waals surface area contributed by atoms with Crippen molar-refractivity contribution in [2.45, 2.75) is 19.0 Å². The first-order valence-corrected chi connectivity index (χ1v) is 8.37. The molecule has 4 rings (SSSR count). The second-order valence-corrected chi connectivity index (χ2v) is 6.50. The molecule has 0 unspecified atom stereocenters. The Morgan fingerprint density at radius 2 is 1.85 bits per heavy atom. The number of hydrogen-bond acceptors (Lipinski definition) is 3. The zero-order chi connectivity index (χ0) is 19.1. The molecule has 2 heterocycles. The number of amides is 1. The smallest absolute Gasteiger partial charge is 0.326 e. The van der Waals surface area contributed by atoms with Gasteiger partial charge in [-0.15, -0.1) is 0 Å². The Morgan fingerprint density at radius 3 is 2.59 bits per heavy atom. The van der Waals surface area contributed by atoms with Crippen molar-refractivity contribution in [1.29, 1.82) is 0 Å². The number of carboxylic acid groups (broad SMARTS) is 1. The Bertz CT molecular complexity index is 1140. The lowest BCUT2D eigenvalue weighted by atomic mass is 9.93. The number of H-pyrrole nitrogens is 1. The van der Waals surface area contributed by atoms with Gasteiger partial charge in [0.2, 0.25) is 5.56 Å². The second-order valence-electron chi connectivity index (χ2n) is 6.50. The maximum absolute atomic E-state index is 13.7. The minimum Gasteiger partial charge on any atom is -0.480 e. The van der Waals surface area contributed by atoms with Crippen molar-refractivity contribution < 1.29 is 19.1 Å². The predicted molar refractivity (Wildman–Crippen MR) is 96.0 cm³/mol. The summed E-state index contributed by atoms with van der Waals surface area (Å²) in [5.74, 6) is -2.29. The Balaban J connectivity index is 1.84.